The lowest BCUT2D eigenvalue weighted by molar-refractivity contribution is 0.0965. The zero-order chi connectivity index (χ0) is 21.8. The Hall–Kier alpha value is -2.51. The van der Waals surface area contributed by atoms with Gasteiger partial charge in [0.15, 0.2) is 0 Å². The Morgan fingerprint density at radius 2 is 1.97 bits per heavy atom. The van der Waals surface area contributed by atoms with Crippen LogP contribution in [0.4, 0.5) is 5.95 Å². The smallest absolute Gasteiger partial charge is 0.261 e. The third-order valence-electron chi connectivity index (χ3n) is 6.05. The van der Waals surface area contributed by atoms with Crippen molar-refractivity contribution < 1.29 is 4.79 Å². The molecule has 0 radical (unpaired) electrons. The predicted octanol–water partition coefficient (Wildman–Crippen LogP) is 4.10. The molecular formula is C24H31N5OS. The number of hydrogen-bond donors (Lipinski definition) is 1. The van der Waals surface area contributed by atoms with Crippen molar-refractivity contribution in [3.63, 3.8) is 0 Å². The standard InChI is InChI=1S/C24H31N5OS/c1-25-23(30)22-20(19-10-6-7-11-21(19)31-22)13-18-9-5-4-8-12-29(18)16-17-14-26-24(27-15-17)28(2)3/h6-7,10-11,14-15,18H,4-5,8-9,12-13,16H2,1-3H3,(H,25,30)/t18-/m0/s1. The zero-order valence-electron chi connectivity index (χ0n) is 18.6. The third-order valence-corrected chi connectivity index (χ3v) is 7.26. The van der Waals surface area contributed by atoms with Crippen molar-refractivity contribution >= 4 is 33.3 Å². The predicted molar refractivity (Wildman–Crippen MR) is 128 cm³/mol. The molecule has 4 rings (SSSR count). The summed E-state index contributed by atoms with van der Waals surface area (Å²) in [6.45, 7) is 1.91. The molecule has 1 aliphatic heterocycles. The highest BCUT2D eigenvalue weighted by molar-refractivity contribution is 7.21. The first kappa shape index (κ1) is 21.7. The van der Waals surface area contributed by atoms with Crippen LogP contribution >= 0.6 is 11.3 Å². The summed E-state index contributed by atoms with van der Waals surface area (Å²) in [6.07, 6.45) is 9.63. The Balaban J connectivity index is 1.61. The fourth-order valence-electron chi connectivity index (χ4n) is 4.41. The van der Waals surface area contributed by atoms with Gasteiger partial charge in [0.05, 0.1) is 4.88 Å². The van der Waals surface area contributed by atoms with Gasteiger partial charge < -0.3 is 10.2 Å². The normalized spacial score (nSPS) is 17.5. The fraction of sp³-hybridized carbons (Fsp3) is 0.458. The van der Waals surface area contributed by atoms with Crippen molar-refractivity contribution in [2.24, 2.45) is 0 Å². The first-order valence-electron chi connectivity index (χ1n) is 11.0. The number of likely N-dealkylation sites (tertiary alicyclic amines) is 1. The lowest BCUT2D eigenvalue weighted by Crippen LogP contribution is -2.36. The highest BCUT2D eigenvalue weighted by Gasteiger charge is 2.26. The van der Waals surface area contributed by atoms with E-state index in [1.54, 1.807) is 18.4 Å². The first-order valence-corrected chi connectivity index (χ1v) is 11.8. The summed E-state index contributed by atoms with van der Waals surface area (Å²) in [5, 5.41) is 4.05. The second-order valence-electron chi connectivity index (χ2n) is 8.45. The van der Waals surface area contributed by atoms with Gasteiger partial charge in [-0.15, -0.1) is 11.3 Å². The SMILES string of the molecule is CNC(=O)c1sc2ccccc2c1C[C@@H]1CCCCCN1Cc1cnc(N(C)C)nc1. The number of fused-ring (bicyclic) bond motifs is 1. The van der Waals surface area contributed by atoms with Gasteiger partial charge in [-0.25, -0.2) is 9.97 Å². The molecule has 0 aliphatic carbocycles. The minimum absolute atomic E-state index is 0.0176. The van der Waals surface area contributed by atoms with Crippen LogP contribution in [0.25, 0.3) is 10.1 Å². The van der Waals surface area contributed by atoms with Gasteiger partial charge in [0, 0.05) is 56.4 Å². The number of thiophene rings is 1. The highest BCUT2D eigenvalue weighted by Crippen LogP contribution is 2.34. The van der Waals surface area contributed by atoms with Crippen LogP contribution in [-0.2, 0) is 13.0 Å². The molecule has 0 saturated carbocycles. The minimum atomic E-state index is 0.0176. The number of carbonyl (C=O) groups excluding carboxylic acids is 1. The summed E-state index contributed by atoms with van der Waals surface area (Å²) < 4.78 is 1.18. The molecule has 1 saturated heterocycles. The van der Waals surface area contributed by atoms with Crippen LogP contribution in [0.1, 0.15) is 46.5 Å². The summed E-state index contributed by atoms with van der Waals surface area (Å²) in [7, 11) is 5.62. The highest BCUT2D eigenvalue weighted by atomic mass is 32.1. The maximum atomic E-state index is 12.6. The van der Waals surface area contributed by atoms with Crippen molar-refractivity contribution in [3.8, 4) is 0 Å². The molecule has 6 nitrogen and oxygen atoms in total. The van der Waals surface area contributed by atoms with Crippen LogP contribution in [0.2, 0.25) is 0 Å². The molecule has 1 atom stereocenters. The third kappa shape index (κ3) is 4.88. The average molecular weight is 438 g/mol. The topological polar surface area (TPSA) is 61.4 Å². The average Bonchev–Trinajstić information content (AvgIpc) is 3.00. The quantitative estimate of drug-likeness (QED) is 0.629. The van der Waals surface area contributed by atoms with E-state index in [0.29, 0.717) is 6.04 Å². The molecule has 164 valence electrons. The van der Waals surface area contributed by atoms with Crippen molar-refractivity contribution in [3.05, 3.63) is 52.7 Å². The van der Waals surface area contributed by atoms with Gasteiger partial charge in [-0.05, 0) is 42.8 Å². The Kier molecular flexibility index (Phi) is 6.83. The van der Waals surface area contributed by atoms with Crippen molar-refractivity contribution in [2.75, 3.05) is 32.6 Å². The maximum absolute atomic E-state index is 12.6. The fourth-order valence-corrected chi connectivity index (χ4v) is 5.58. The van der Waals surface area contributed by atoms with E-state index < -0.39 is 0 Å². The van der Waals surface area contributed by atoms with E-state index in [9.17, 15) is 4.79 Å². The molecule has 0 bridgehead atoms. The van der Waals surface area contributed by atoms with Crippen LogP contribution in [0.5, 0.6) is 0 Å². The van der Waals surface area contributed by atoms with Gasteiger partial charge >= 0.3 is 0 Å². The number of benzene rings is 1. The Bertz CT molecular complexity index is 1030. The van der Waals surface area contributed by atoms with E-state index in [1.165, 1.54) is 34.9 Å². The van der Waals surface area contributed by atoms with E-state index >= 15 is 0 Å². The summed E-state index contributed by atoms with van der Waals surface area (Å²) in [5.41, 5.74) is 2.33. The lowest BCUT2D eigenvalue weighted by atomic mass is 9.97. The molecule has 1 N–H and O–H groups in total. The van der Waals surface area contributed by atoms with Gasteiger partial charge in [0.2, 0.25) is 5.95 Å². The monoisotopic (exact) mass is 437 g/mol. The van der Waals surface area contributed by atoms with Crippen LogP contribution in [0.3, 0.4) is 0 Å². The van der Waals surface area contributed by atoms with Gasteiger partial charge in [-0.1, -0.05) is 31.0 Å². The number of carbonyl (C=O) groups is 1. The molecule has 31 heavy (non-hydrogen) atoms. The minimum Gasteiger partial charge on any atom is -0.354 e. The Morgan fingerprint density at radius 1 is 1.19 bits per heavy atom. The van der Waals surface area contributed by atoms with Gasteiger partial charge in [0.1, 0.15) is 0 Å². The van der Waals surface area contributed by atoms with Crippen LogP contribution in [-0.4, -0.2) is 54.5 Å². The van der Waals surface area contributed by atoms with E-state index in [0.717, 1.165) is 42.3 Å². The Labute approximate surface area is 188 Å². The summed E-state index contributed by atoms with van der Waals surface area (Å²) in [5.74, 6) is 0.750. The van der Waals surface area contributed by atoms with Crippen molar-refractivity contribution in [1.82, 2.24) is 20.2 Å². The first-order chi connectivity index (χ1) is 15.1. The van der Waals surface area contributed by atoms with Crippen molar-refractivity contribution in [1.29, 1.82) is 0 Å². The Morgan fingerprint density at radius 3 is 2.71 bits per heavy atom. The summed E-state index contributed by atoms with van der Waals surface area (Å²) >= 11 is 1.60. The largest absolute Gasteiger partial charge is 0.354 e. The molecule has 1 aliphatic rings. The zero-order valence-corrected chi connectivity index (χ0v) is 19.4. The van der Waals surface area contributed by atoms with Crippen molar-refractivity contribution in [2.45, 2.75) is 44.7 Å². The van der Waals surface area contributed by atoms with Gasteiger partial charge in [-0.2, -0.15) is 0 Å². The number of anilines is 1. The number of hydrogen-bond acceptors (Lipinski definition) is 6. The molecule has 2 aromatic heterocycles. The van der Waals surface area contributed by atoms with E-state index in [4.69, 9.17) is 0 Å². The number of amides is 1. The second kappa shape index (κ2) is 9.75. The molecule has 0 unspecified atom stereocenters. The molecular weight excluding hydrogens is 406 g/mol. The summed E-state index contributed by atoms with van der Waals surface area (Å²) in [4.78, 5) is 27.0. The maximum Gasteiger partial charge on any atom is 0.261 e. The lowest BCUT2D eigenvalue weighted by Gasteiger charge is -2.30. The molecule has 1 fully saturated rings. The van der Waals surface area contributed by atoms with Crippen LogP contribution in [0.15, 0.2) is 36.7 Å². The van der Waals surface area contributed by atoms with E-state index in [-0.39, 0.29) is 5.91 Å². The molecule has 1 aromatic carbocycles. The second-order valence-corrected chi connectivity index (χ2v) is 9.50. The molecule has 1 amide bonds. The number of rotatable bonds is 6. The molecule has 3 heterocycles. The molecule has 7 heteroatoms. The number of nitrogens with zero attached hydrogens (tertiary/aromatic N) is 4. The number of nitrogens with one attached hydrogen (secondary N) is 1. The van der Waals surface area contributed by atoms with E-state index in [2.05, 4.69) is 38.4 Å². The summed E-state index contributed by atoms with van der Waals surface area (Å²) in [6, 6.07) is 8.79. The van der Waals surface area contributed by atoms with Crippen LogP contribution in [0, 0.1) is 0 Å². The number of aromatic nitrogens is 2. The molecule has 3 aromatic rings. The van der Waals surface area contributed by atoms with Gasteiger partial charge in [0.25, 0.3) is 5.91 Å². The van der Waals surface area contributed by atoms with E-state index in [1.807, 2.05) is 37.5 Å². The molecule has 0 spiro atoms. The van der Waals surface area contributed by atoms with Gasteiger partial charge in [-0.3, -0.25) is 9.69 Å². The van der Waals surface area contributed by atoms with Crippen LogP contribution < -0.4 is 10.2 Å².